The first-order valence-electron chi connectivity index (χ1n) is 7.21. The summed E-state index contributed by atoms with van der Waals surface area (Å²) in [7, 11) is 0. The molecule has 106 valence electrons. The Bertz CT molecular complexity index is 510. The second kappa shape index (κ2) is 6.14. The van der Waals surface area contributed by atoms with E-state index < -0.39 is 0 Å². The molecular weight excluding hydrogens is 256 g/mol. The van der Waals surface area contributed by atoms with Gasteiger partial charge in [0.1, 0.15) is 0 Å². The highest BCUT2D eigenvalue weighted by atomic mass is 32.1. The third kappa shape index (κ3) is 2.75. The average Bonchev–Trinajstić information content (AvgIpc) is 2.45. The summed E-state index contributed by atoms with van der Waals surface area (Å²) in [6, 6.07) is 2.35. The fourth-order valence-corrected chi connectivity index (χ4v) is 3.05. The predicted octanol–water partition coefficient (Wildman–Crippen LogP) is 2.63. The van der Waals surface area contributed by atoms with E-state index in [1.807, 2.05) is 4.57 Å². The van der Waals surface area contributed by atoms with E-state index in [1.165, 1.54) is 11.3 Å². The third-order valence-electron chi connectivity index (χ3n) is 4.21. The van der Waals surface area contributed by atoms with Gasteiger partial charge in [0.25, 0.3) is 5.56 Å². The highest BCUT2D eigenvalue weighted by Gasteiger charge is 2.22. The van der Waals surface area contributed by atoms with E-state index in [-0.39, 0.29) is 11.6 Å². The van der Waals surface area contributed by atoms with Crippen LogP contribution in [0.5, 0.6) is 0 Å². The molecule has 0 spiro atoms. The second-order valence-corrected chi connectivity index (χ2v) is 5.67. The fraction of sp³-hybridized carbons (Fsp3) is 0.667. The van der Waals surface area contributed by atoms with Gasteiger partial charge in [0.15, 0.2) is 0 Å². The first kappa shape index (κ1) is 14.7. The van der Waals surface area contributed by atoms with E-state index in [4.69, 9.17) is 0 Å². The van der Waals surface area contributed by atoms with E-state index in [9.17, 15) is 4.79 Å². The van der Waals surface area contributed by atoms with Crippen LogP contribution in [0, 0.1) is 0 Å². The molecule has 0 amide bonds. The topological polar surface area (TPSA) is 25.2 Å². The van der Waals surface area contributed by atoms with Gasteiger partial charge in [0.05, 0.1) is 0 Å². The smallest absolute Gasteiger partial charge is 0.255 e. The molecule has 1 unspecified atom stereocenters. The molecule has 2 rings (SSSR count). The van der Waals surface area contributed by atoms with Gasteiger partial charge in [-0.2, -0.15) is 12.6 Å². The molecule has 1 aromatic rings. The van der Waals surface area contributed by atoms with Gasteiger partial charge in [0.2, 0.25) is 0 Å². The lowest BCUT2D eigenvalue weighted by Crippen LogP contribution is -2.37. The van der Waals surface area contributed by atoms with Gasteiger partial charge in [0, 0.05) is 42.6 Å². The largest absolute Gasteiger partial charge is 0.309 e. The van der Waals surface area contributed by atoms with Crippen LogP contribution in [0.4, 0.5) is 0 Å². The van der Waals surface area contributed by atoms with Crippen LogP contribution in [0.3, 0.4) is 0 Å². The maximum atomic E-state index is 12.5. The first-order chi connectivity index (χ1) is 9.12. The van der Waals surface area contributed by atoms with Gasteiger partial charge in [-0.25, -0.2) is 0 Å². The van der Waals surface area contributed by atoms with E-state index in [0.29, 0.717) is 5.75 Å². The third-order valence-corrected chi connectivity index (χ3v) is 4.55. The van der Waals surface area contributed by atoms with Gasteiger partial charge in [-0.1, -0.05) is 13.8 Å². The van der Waals surface area contributed by atoms with Gasteiger partial charge in [-0.05, 0) is 31.5 Å². The van der Waals surface area contributed by atoms with Crippen molar-refractivity contribution >= 4 is 12.6 Å². The molecule has 0 radical (unpaired) electrons. The summed E-state index contributed by atoms with van der Waals surface area (Å²) in [6.07, 6.45) is 1.97. The molecule has 1 aliphatic heterocycles. The van der Waals surface area contributed by atoms with Crippen molar-refractivity contribution in [3.8, 4) is 0 Å². The van der Waals surface area contributed by atoms with Crippen LogP contribution in [-0.4, -0.2) is 22.6 Å². The van der Waals surface area contributed by atoms with Crippen LogP contribution in [0.25, 0.3) is 0 Å². The first-order valence-corrected chi connectivity index (χ1v) is 7.84. The normalized spacial score (nSPS) is 17.3. The number of thiol groups is 1. The number of rotatable bonds is 4. The van der Waals surface area contributed by atoms with Crippen LogP contribution >= 0.6 is 12.6 Å². The molecule has 3 nitrogen and oxygen atoms in total. The van der Waals surface area contributed by atoms with Crippen LogP contribution in [0.1, 0.15) is 50.1 Å². The van der Waals surface area contributed by atoms with Crippen molar-refractivity contribution < 1.29 is 0 Å². The number of pyridine rings is 1. The van der Waals surface area contributed by atoms with Crippen molar-refractivity contribution in [3.63, 3.8) is 0 Å². The highest BCUT2D eigenvalue weighted by molar-refractivity contribution is 7.79. The lowest BCUT2D eigenvalue weighted by Gasteiger charge is -2.31. The summed E-state index contributed by atoms with van der Waals surface area (Å²) in [4.78, 5) is 15.0. The maximum Gasteiger partial charge on any atom is 0.255 e. The quantitative estimate of drug-likeness (QED) is 0.858. The summed E-state index contributed by atoms with van der Waals surface area (Å²) in [5.74, 6) is 0.522. The predicted molar refractivity (Wildman–Crippen MR) is 83.0 cm³/mol. The average molecular weight is 280 g/mol. The van der Waals surface area contributed by atoms with Crippen LogP contribution in [0.2, 0.25) is 0 Å². The molecule has 0 fully saturated rings. The Balaban J connectivity index is 2.56. The Kier molecular flexibility index (Phi) is 4.74. The standard InChI is InChI=1S/C15H24N2OS/c1-4-11(3)17-14-6-7-16(5-2)9-12(14)8-13(10-19)15(17)18/h8,11,19H,4-7,9-10H2,1-3H3. The van der Waals surface area contributed by atoms with Crippen LogP contribution in [0.15, 0.2) is 10.9 Å². The van der Waals surface area contributed by atoms with Crippen LogP contribution in [-0.2, 0) is 18.7 Å². The van der Waals surface area contributed by atoms with Crippen molar-refractivity contribution in [1.29, 1.82) is 0 Å². The Hall–Kier alpha value is -0.740. The minimum absolute atomic E-state index is 0.160. The molecule has 1 atom stereocenters. The van der Waals surface area contributed by atoms with Crippen molar-refractivity contribution in [2.75, 3.05) is 13.1 Å². The molecular formula is C15H24N2OS. The van der Waals surface area contributed by atoms with E-state index in [0.717, 1.165) is 38.0 Å². The molecule has 0 saturated heterocycles. The monoisotopic (exact) mass is 280 g/mol. The van der Waals surface area contributed by atoms with Crippen molar-refractivity contribution in [2.45, 2.75) is 52.0 Å². The molecule has 0 saturated carbocycles. The summed E-state index contributed by atoms with van der Waals surface area (Å²) >= 11 is 4.31. The van der Waals surface area contributed by atoms with Crippen molar-refractivity contribution in [1.82, 2.24) is 9.47 Å². The van der Waals surface area contributed by atoms with E-state index >= 15 is 0 Å². The fourth-order valence-electron chi connectivity index (χ4n) is 2.82. The zero-order chi connectivity index (χ0) is 14.0. The minimum atomic E-state index is 0.160. The van der Waals surface area contributed by atoms with E-state index in [2.05, 4.69) is 44.4 Å². The SMILES string of the molecule is CCC(C)n1c2c(cc(CS)c1=O)CN(CC)CC2. The zero-order valence-electron chi connectivity index (χ0n) is 12.1. The lowest BCUT2D eigenvalue weighted by atomic mass is 10.0. The minimum Gasteiger partial charge on any atom is -0.309 e. The van der Waals surface area contributed by atoms with Gasteiger partial charge in [-0.15, -0.1) is 0 Å². The molecule has 1 aromatic heterocycles. The lowest BCUT2D eigenvalue weighted by molar-refractivity contribution is 0.259. The molecule has 19 heavy (non-hydrogen) atoms. The molecule has 0 aliphatic carbocycles. The Labute approximate surface area is 121 Å². The molecule has 4 heteroatoms. The molecule has 0 bridgehead atoms. The Morgan fingerprint density at radius 3 is 2.74 bits per heavy atom. The summed E-state index contributed by atoms with van der Waals surface area (Å²) in [5.41, 5.74) is 3.56. The number of hydrogen-bond donors (Lipinski definition) is 1. The number of hydrogen-bond acceptors (Lipinski definition) is 3. The Morgan fingerprint density at radius 1 is 1.42 bits per heavy atom. The number of nitrogens with zero attached hydrogens (tertiary/aromatic N) is 2. The maximum absolute atomic E-state index is 12.5. The molecule has 2 heterocycles. The number of likely N-dealkylation sites (N-methyl/N-ethyl adjacent to an activating group) is 1. The second-order valence-electron chi connectivity index (χ2n) is 5.35. The van der Waals surface area contributed by atoms with Crippen LogP contribution < -0.4 is 5.56 Å². The van der Waals surface area contributed by atoms with Gasteiger partial charge >= 0.3 is 0 Å². The highest BCUT2D eigenvalue weighted by Crippen LogP contribution is 2.22. The summed E-state index contributed by atoms with van der Waals surface area (Å²) < 4.78 is 2.02. The molecule has 0 N–H and O–H groups in total. The van der Waals surface area contributed by atoms with Crippen molar-refractivity contribution in [3.05, 3.63) is 33.2 Å². The molecule has 1 aliphatic rings. The summed E-state index contributed by atoms with van der Waals surface area (Å²) in [6.45, 7) is 9.55. The van der Waals surface area contributed by atoms with Gasteiger partial charge in [-0.3, -0.25) is 9.69 Å². The molecule has 0 aromatic carbocycles. The van der Waals surface area contributed by atoms with E-state index in [1.54, 1.807) is 0 Å². The van der Waals surface area contributed by atoms with Crippen molar-refractivity contribution in [2.24, 2.45) is 0 Å². The summed E-state index contributed by atoms with van der Waals surface area (Å²) in [5, 5.41) is 0. The Morgan fingerprint density at radius 2 is 2.16 bits per heavy atom. The van der Waals surface area contributed by atoms with Gasteiger partial charge < -0.3 is 4.57 Å². The number of aromatic nitrogens is 1. The zero-order valence-corrected chi connectivity index (χ0v) is 13.0. The number of fused-ring (bicyclic) bond motifs is 1.